The Morgan fingerprint density at radius 1 is 1.18 bits per heavy atom. The molecule has 2 aromatic rings. The summed E-state index contributed by atoms with van der Waals surface area (Å²) < 4.78 is 2.13. The smallest absolute Gasteiger partial charge is 0.0991 e. The fourth-order valence-electron chi connectivity index (χ4n) is 2.81. The van der Waals surface area contributed by atoms with E-state index in [1.807, 2.05) is 38.1 Å². The van der Waals surface area contributed by atoms with Crippen molar-refractivity contribution in [2.45, 2.75) is 59.4 Å². The van der Waals surface area contributed by atoms with E-state index in [-0.39, 0.29) is 0 Å². The van der Waals surface area contributed by atoms with Crippen molar-refractivity contribution in [3.8, 4) is 17.3 Å². The molecule has 0 aliphatic heterocycles. The lowest BCUT2D eigenvalue weighted by molar-refractivity contribution is 0.519. The van der Waals surface area contributed by atoms with Crippen molar-refractivity contribution in [1.29, 1.82) is 5.26 Å². The SMILES string of the molecule is CC.Cc1c(C2CC2)c(-c2ccc(C#N)cc2)nn1C(C)C. The average molecular weight is 295 g/mol. The van der Waals surface area contributed by atoms with Crippen LogP contribution in [0.2, 0.25) is 0 Å². The quantitative estimate of drug-likeness (QED) is 0.779. The van der Waals surface area contributed by atoms with E-state index in [1.54, 1.807) is 0 Å². The first kappa shape index (κ1) is 16.3. The molecule has 1 heterocycles. The molecule has 116 valence electrons. The second-order valence-corrected chi connectivity index (χ2v) is 5.85. The molecule has 0 amide bonds. The number of aromatic nitrogens is 2. The van der Waals surface area contributed by atoms with E-state index in [4.69, 9.17) is 10.4 Å². The van der Waals surface area contributed by atoms with Crippen molar-refractivity contribution in [2.24, 2.45) is 0 Å². The van der Waals surface area contributed by atoms with Gasteiger partial charge in [-0.25, -0.2) is 0 Å². The average Bonchev–Trinajstić information content (AvgIpc) is 3.32. The van der Waals surface area contributed by atoms with E-state index in [9.17, 15) is 0 Å². The summed E-state index contributed by atoms with van der Waals surface area (Å²) in [4.78, 5) is 0. The van der Waals surface area contributed by atoms with Gasteiger partial charge in [-0.3, -0.25) is 4.68 Å². The van der Waals surface area contributed by atoms with Crippen LogP contribution in [0.5, 0.6) is 0 Å². The summed E-state index contributed by atoms with van der Waals surface area (Å²) in [6.45, 7) is 10.5. The van der Waals surface area contributed by atoms with E-state index in [2.05, 4.69) is 31.5 Å². The molecule has 3 heteroatoms. The van der Waals surface area contributed by atoms with Crippen molar-refractivity contribution < 1.29 is 0 Å². The molecule has 1 aliphatic rings. The molecule has 22 heavy (non-hydrogen) atoms. The summed E-state index contributed by atoms with van der Waals surface area (Å²) in [5, 5.41) is 13.7. The molecular weight excluding hydrogens is 270 g/mol. The molecule has 1 saturated carbocycles. The summed E-state index contributed by atoms with van der Waals surface area (Å²) in [5.74, 6) is 0.674. The molecule has 3 nitrogen and oxygen atoms in total. The van der Waals surface area contributed by atoms with Crippen molar-refractivity contribution in [1.82, 2.24) is 9.78 Å². The number of hydrogen-bond acceptors (Lipinski definition) is 2. The zero-order chi connectivity index (χ0) is 16.3. The fraction of sp³-hybridized carbons (Fsp3) is 0.474. The molecule has 0 saturated heterocycles. The van der Waals surface area contributed by atoms with Gasteiger partial charge < -0.3 is 0 Å². The molecule has 0 bridgehead atoms. The molecular formula is C19H25N3. The van der Waals surface area contributed by atoms with Crippen molar-refractivity contribution in [2.75, 3.05) is 0 Å². The Morgan fingerprint density at radius 2 is 1.77 bits per heavy atom. The first-order valence-electron chi connectivity index (χ1n) is 8.21. The Bertz CT molecular complexity index is 668. The predicted octanol–water partition coefficient (Wildman–Crippen LogP) is 5.21. The zero-order valence-corrected chi connectivity index (χ0v) is 14.2. The second-order valence-electron chi connectivity index (χ2n) is 5.85. The maximum Gasteiger partial charge on any atom is 0.0991 e. The van der Waals surface area contributed by atoms with Gasteiger partial charge in [-0.15, -0.1) is 0 Å². The van der Waals surface area contributed by atoms with Gasteiger partial charge in [-0.1, -0.05) is 26.0 Å². The van der Waals surface area contributed by atoms with Crippen LogP contribution in [0, 0.1) is 18.3 Å². The summed E-state index contributed by atoms with van der Waals surface area (Å²) in [6.07, 6.45) is 2.54. The van der Waals surface area contributed by atoms with Crippen LogP contribution >= 0.6 is 0 Å². The first-order valence-corrected chi connectivity index (χ1v) is 8.21. The highest BCUT2D eigenvalue weighted by atomic mass is 15.3. The maximum atomic E-state index is 8.90. The van der Waals surface area contributed by atoms with Crippen LogP contribution in [-0.4, -0.2) is 9.78 Å². The molecule has 1 aromatic heterocycles. The molecule has 0 spiro atoms. The molecule has 3 rings (SSSR count). The van der Waals surface area contributed by atoms with Crippen LogP contribution in [0.15, 0.2) is 24.3 Å². The third-order valence-corrected chi connectivity index (χ3v) is 3.96. The lowest BCUT2D eigenvalue weighted by Crippen LogP contribution is -2.05. The molecule has 1 fully saturated rings. The van der Waals surface area contributed by atoms with Gasteiger partial charge in [-0.05, 0) is 51.7 Å². The molecule has 0 N–H and O–H groups in total. The van der Waals surface area contributed by atoms with Gasteiger partial charge in [0.2, 0.25) is 0 Å². The van der Waals surface area contributed by atoms with E-state index >= 15 is 0 Å². The topological polar surface area (TPSA) is 41.6 Å². The molecule has 1 aliphatic carbocycles. The lowest BCUT2D eigenvalue weighted by Gasteiger charge is -2.08. The zero-order valence-electron chi connectivity index (χ0n) is 14.2. The largest absolute Gasteiger partial charge is 0.266 e. The van der Waals surface area contributed by atoms with E-state index in [0.717, 1.165) is 11.3 Å². The Kier molecular flexibility index (Phi) is 5.03. The van der Waals surface area contributed by atoms with Gasteiger partial charge in [-0.2, -0.15) is 10.4 Å². The molecule has 0 unspecified atom stereocenters. The van der Waals surface area contributed by atoms with Crippen molar-refractivity contribution in [3.63, 3.8) is 0 Å². The van der Waals surface area contributed by atoms with Crippen LogP contribution in [0.3, 0.4) is 0 Å². The van der Waals surface area contributed by atoms with Crippen LogP contribution in [-0.2, 0) is 0 Å². The third-order valence-electron chi connectivity index (χ3n) is 3.96. The van der Waals surface area contributed by atoms with Gasteiger partial charge in [0.05, 0.1) is 17.3 Å². The number of benzene rings is 1. The third kappa shape index (κ3) is 3.06. The highest BCUT2D eigenvalue weighted by molar-refractivity contribution is 5.66. The van der Waals surface area contributed by atoms with E-state index < -0.39 is 0 Å². The molecule has 0 atom stereocenters. The summed E-state index contributed by atoms with van der Waals surface area (Å²) in [7, 11) is 0. The van der Waals surface area contributed by atoms with Crippen molar-refractivity contribution >= 4 is 0 Å². The highest BCUT2D eigenvalue weighted by Crippen LogP contribution is 2.46. The van der Waals surface area contributed by atoms with E-state index in [1.165, 1.54) is 24.1 Å². The number of nitriles is 1. The van der Waals surface area contributed by atoms with Crippen LogP contribution < -0.4 is 0 Å². The molecule has 1 aromatic carbocycles. The van der Waals surface area contributed by atoms with Gasteiger partial charge in [0, 0.05) is 22.9 Å². The van der Waals surface area contributed by atoms with Crippen molar-refractivity contribution in [3.05, 3.63) is 41.1 Å². The minimum Gasteiger partial charge on any atom is -0.266 e. The van der Waals surface area contributed by atoms with Gasteiger partial charge in [0.1, 0.15) is 0 Å². The number of hydrogen-bond donors (Lipinski definition) is 0. The Morgan fingerprint density at radius 3 is 2.23 bits per heavy atom. The fourth-order valence-corrected chi connectivity index (χ4v) is 2.81. The van der Waals surface area contributed by atoms with E-state index in [0.29, 0.717) is 17.5 Å². The predicted molar refractivity (Wildman–Crippen MR) is 90.8 cm³/mol. The standard InChI is InChI=1S/C17H19N3.C2H6/c1-11(2)20-12(3)16(14-8-9-14)17(19-20)15-6-4-13(10-18)5-7-15;1-2/h4-7,11,14H,8-9H2,1-3H3;1-2H3. The van der Waals surface area contributed by atoms with Crippen LogP contribution in [0.1, 0.15) is 69.3 Å². The first-order chi connectivity index (χ1) is 10.6. The Balaban J connectivity index is 0.000000847. The van der Waals surface area contributed by atoms with Crippen LogP contribution in [0.4, 0.5) is 0 Å². The molecule has 0 radical (unpaired) electrons. The minimum absolute atomic E-state index is 0.375. The summed E-state index contributed by atoms with van der Waals surface area (Å²) in [5.41, 5.74) is 5.61. The normalized spacial score (nSPS) is 13.5. The van der Waals surface area contributed by atoms with Crippen LogP contribution in [0.25, 0.3) is 11.3 Å². The summed E-state index contributed by atoms with van der Waals surface area (Å²) in [6, 6.07) is 10.3. The Labute approximate surface area is 133 Å². The number of rotatable bonds is 3. The van der Waals surface area contributed by atoms with Gasteiger partial charge in [0.25, 0.3) is 0 Å². The monoisotopic (exact) mass is 295 g/mol. The second kappa shape index (κ2) is 6.79. The lowest BCUT2D eigenvalue weighted by atomic mass is 10.0. The highest BCUT2D eigenvalue weighted by Gasteiger charge is 2.31. The van der Waals surface area contributed by atoms with Gasteiger partial charge >= 0.3 is 0 Å². The van der Waals surface area contributed by atoms with Gasteiger partial charge in [0.15, 0.2) is 0 Å². The minimum atomic E-state index is 0.375. The summed E-state index contributed by atoms with van der Waals surface area (Å²) >= 11 is 0. The maximum absolute atomic E-state index is 8.90. The Hall–Kier alpha value is -2.08. The number of nitrogens with zero attached hydrogens (tertiary/aromatic N) is 3.